The Hall–Kier alpha value is -5.19. The number of ether oxygens (including phenoxy) is 2. The molecule has 3 atom stereocenters. The SMILES string of the molecule is CC[C@@](C)(NC(=O)CNC(=O)[C@H](Cc1ccccc1)NC(=O)OCC1c2ccccc2-c2ccccc21)C(=O)N1CCC[C@H]1C(=O)OC. The van der Waals surface area contributed by atoms with Crippen molar-refractivity contribution in [3.63, 3.8) is 0 Å². The second-order valence-corrected chi connectivity index (χ2v) is 12.3. The number of alkyl carbamates (subject to hydrolysis) is 1. The van der Waals surface area contributed by atoms with E-state index in [9.17, 15) is 24.0 Å². The highest BCUT2D eigenvalue weighted by atomic mass is 16.5. The number of benzene rings is 3. The van der Waals surface area contributed by atoms with E-state index in [0.717, 1.165) is 27.8 Å². The summed E-state index contributed by atoms with van der Waals surface area (Å²) >= 11 is 0. The van der Waals surface area contributed by atoms with E-state index in [1.54, 1.807) is 13.8 Å². The van der Waals surface area contributed by atoms with Crippen molar-refractivity contribution in [3.05, 3.63) is 95.6 Å². The molecule has 0 spiro atoms. The maximum Gasteiger partial charge on any atom is 0.407 e. The van der Waals surface area contributed by atoms with Crippen molar-refractivity contribution in [2.45, 2.75) is 63.1 Å². The van der Waals surface area contributed by atoms with Gasteiger partial charge in [0, 0.05) is 18.9 Å². The highest BCUT2D eigenvalue weighted by Gasteiger charge is 2.43. The predicted octanol–water partition coefficient (Wildman–Crippen LogP) is 3.70. The van der Waals surface area contributed by atoms with Crippen LogP contribution in [0.2, 0.25) is 0 Å². The van der Waals surface area contributed by atoms with Crippen molar-refractivity contribution in [2.75, 3.05) is 26.8 Å². The van der Waals surface area contributed by atoms with Crippen LogP contribution in [0.25, 0.3) is 11.1 Å². The van der Waals surface area contributed by atoms with Gasteiger partial charge in [-0.05, 0) is 54.0 Å². The zero-order chi connectivity index (χ0) is 34.3. The third-order valence-corrected chi connectivity index (χ3v) is 9.24. The van der Waals surface area contributed by atoms with Gasteiger partial charge in [0.15, 0.2) is 0 Å². The van der Waals surface area contributed by atoms with E-state index >= 15 is 0 Å². The van der Waals surface area contributed by atoms with E-state index in [1.807, 2.05) is 66.7 Å². The average molecular weight is 655 g/mol. The number of esters is 1. The smallest absolute Gasteiger partial charge is 0.407 e. The highest BCUT2D eigenvalue weighted by molar-refractivity contribution is 5.95. The fourth-order valence-corrected chi connectivity index (χ4v) is 6.48. The fraction of sp³-hybridized carbons (Fsp3) is 0.378. The molecule has 1 fully saturated rings. The molecule has 0 unspecified atom stereocenters. The molecule has 5 rings (SSSR count). The molecule has 252 valence electrons. The van der Waals surface area contributed by atoms with Gasteiger partial charge in [-0.2, -0.15) is 0 Å². The van der Waals surface area contributed by atoms with Crippen LogP contribution in [0.4, 0.5) is 4.79 Å². The number of rotatable bonds is 12. The number of likely N-dealkylation sites (tertiary alicyclic amines) is 1. The molecule has 1 aliphatic carbocycles. The molecule has 0 aromatic heterocycles. The highest BCUT2D eigenvalue weighted by Crippen LogP contribution is 2.44. The first-order valence-electron chi connectivity index (χ1n) is 16.3. The first kappa shape index (κ1) is 34.2. The Kier molecular flexibility index (Phi) is 10.8. The predicted molar refractivity (Wildman–Crippen MR) is 179 cm³/mol. The molecule has 3 N–H and O–H groups in total. The van der Waals surface area contributed by atoms with Gasteiger partial charge in [-0.1, -0.05) is 85.8 Å². The third-order valence-electron chi connectivity index (χ3n) is 9.24. The van der Waals surface area contributed by atoms with Gasteiger partial charge in [0.25, 0.3) is 0 Å². The Morgan fingerprint density at radius 3 is 2.17 bits per heavy atom. The second kappa shape index (κ2) is 15.1. The van der Waals surface area contributed by atoms with Crippen LogP contribution in [-0.4, -0.2) is 79.1 Å². The van der Waals surface area contributed by atoms with E-state index in [4.69, 9.17) is 9.47 Å². The van der Waals surface area contributed by atoms with Crippen molar-refractivity contribution in [3.8, 4) is 11.1 Å². The lowest BCUT2D eigenvalue weighted by atomic mass is 9.96. The summed E-state index contributed by atoms with van der Waals surface area (Å²) in [6, 6.07) is 23.5. The molecular formula is C37H42N4O7. The number of nitrogens with one attached hydrogen (secondary N) is 3. The Bertz CT molecular complexity index is 1620. The summed E-state index contributed by atoms with van der Waals surface area (Å²) in [6.07, 6.45) is 0.798. The van der Waals surface area contributed by atoms with Crippen molar-refractivity contribution in [1.29, 1.82) is 0 Å². The second-order valence-electron chi connectivity index (χ2n) is 12.3. The number of nitrogens with zero attached hydrogens (tertiary/aromatic N) is 1. The van der Waals surface area contributed by atoms with Gasteiger partial charge in [-0.15, -0.1) is 0 Å². The van der Waals surface area contributed by atoms with Gasteiger partial charge in [0.1, 0.15) is 24.2 Å². The van der Waals surface area contributed by atoms with Crippen LogP contribution in [0, 0.1) is 0 Å². The number of hydrogen-bond donors (Lipinski definition) is 3. The molecule has 11 nitrogen and oxygen atoms in total. The summed E-state index contributed by atoms with van der Waals surface area (Å²) in [5.74, 6) is -2.21. The summed E-state index contributed by atoms with van der Waals surface area (Å²) in [7, 11) is 1.28. The zero-order valence-electron chi connectivity index (χ0n) is 27.5. The quantitative estimate of drug-likeness (QED) is 0.253. The minimum atomic E-state index is -1.30. The summed E-state index contributed by atoms with van der Waals surface area (Å²) < 4.78 is 10.6. The van der Waals surface area contributed by atoms with Gasteiger partial charge in [-0.3, -0.25) is 14.4 Å². The average Bonchev–Trinajstić information content (AvgIpc) is 3.72. The van der Waals surface area contributed by atoms with Crippen LogP contribution in [0.1, 0.15) is 55.7 Å². The summed E-state index contributed by atoms with van der Waals surface area (Å²) in [6.45, 7) is 3.38. The summed E-state index contributed by atoms with van der Waals surface area (Å²) in [5.41, 5.74) is 3.84. The van der Waals surface area contributed by atoms with Gasteiger partial charge in [0.05, 0.1) is 13.7 Å². The minimum Gasteiger partial charge on any atom is -0.467 e. The van der Waals surface area contributed by atoms with Gasteiger partial charge < -0.3 is 30.3 Å². The van der Waals surface area contributed by atoms with Crippen LogP contribution in [0.3, 0.4) is 0 Å². The molecule has 1 saturated heterocycles. The van der Waals surface area contributed by atoms with E-state index in [2.05, 4.69) is 28.1 Å². The largest absolute Gasteiger partial charge is 0.467 e. The van der Waals surface area contributed by atoms with Crippen LogP contribution in [0.15, 0.2) is 78.9 Å². The molecule has 11 heteroatoms. The number of carbonyl (C=O) groups is 5. The van der Waals surface area contributed by atoms with E-state index in [1.165, 1.54) is 12.0 Å². The standard InChI is InChI=1S/C37H42N4O7/c1-4-37(2,35(45)41-20-12-19-31(41)34(44)47-3)40-32(42)22-38-33(43)30(21-24-13-6-5-7-14-24)39-36(46)48-23-29-27-17-10-8-15-25(27)26-16-9-11-18-28(26)29/h5-11,13-18,29-31H,4,12,19-23H2,1-3H3,(H,38,43)(H,39,46)(H,40,42)/t30-,31-,37+/m0/s1. The van der Waals surface area contributed by atoms with E-state index in [0.29, 0.717) is 19.4 Å². The Morgan fingerprint density at radius 1 is 0.917 bits per heavy atom. The number of carbonyl (C=O) groups excluding carboxylic acids is 5. The Labute approximate surface area is 280 Å². The third kappa shape index (κ3) is 7.51. The zero-order valence-corrected chi connectivity index (χ0v) is 27.5. The lowest BCUT2D eigenvalue weighted by Crippen LogP contribution is -2.61. The normalized spacial score (nSPS) is 16.9. The summed E-state index contributed by atoms with van der Waals surface area (Å²) in [5, 5.41) is 8.03. The molecule has 3 aromatic carbocycles. The minimum absolute atomic E-state index is 0.0828. The van der Waals surface area contributed by atoms with Crippen molar-refractivity contribution in [1.82, 2.24) is 20.9 Å². The molecule has 0 saturated carbocycles. The maximum atomic E-state index is 13.5. The van der Waals surface area contributed by atoms with E-state index < -0.39 is 54.0 Å². The Balaban J connectivity index is 1.21. The Morgan fingerprint density at radius 2 is 1.54 bits per heavy atom. The van der Waals surface area contributed by atoms with Crippen LogP contribution >= 0.6 is 0 Å². The monoisotopic (exact) mass is 654 g/mol. The molecule has 1 aliphatic heterocycles. The lowest BCUT2D eigenvalue weighted by molar-refractivity contribution is -0.153. The molecule has 0 bridgehead atoms. The topological polar surface area (TPSA) is 143 Å². The molecule has 3 aromatic rings. The number of methoxy groups -OCH3 is 1. The fourth-order valence-electron chi connectivity index (χ4n) is 6.48. The van der Waals surface area contributed by atoms with Gasteiger partial charge in [0.2, 0.25) is 17.7 Å². The van der Waals surface area contributed by atoms with Gasteiger partial charge >= 0.3 is 12.1 Å². The molecular weight excluding hydrogens is 612 g/mol. The van der Waals surface area contributed by atoms with Crippen LogP contribution in [-0.2, 0) is 35.1 Å². The number of fused-ring (bicyclic) bond motifs is 3. The molecule has 2 aliphatic rings. The summed E-state index contributed by atoms with van der Waals surface area (Å²) in [4.78, 5) is 66.8. The molecule has 0 radical (unpaired) electrons. The lowest BCUT2D eigenvalue weighted by Gasteiger charge is -2.34. The van der Waals surface area contributed by atoms with E-state index in [-0.39, 0.29) is 25.4 Å². The van der Waals surface area contributed by atoms with Gasteiger partial charge in [-0.25, -0.2) is 9.59 Å². The number of amides is 4. The number of hydrogen-bond acceptors (Lipinski definition) is 7. The van der Waals surface area contributed by atoms with Crippen LogP contribution < -0.4 is 16.0 Å². The first-order chi connectivity index (χ1) is 23.1. The maximum absolute atomic E-state index is 13.5. The van der Waals surface area contributed by atoms with Crippen molar-refractivity contribution in [2.24, 2.45) is 0 Å². The van der Waals surface area contributed by atoms with Crippen LogP contribution in [0.5, 0.6) is 0 Å². The molecule has 1 heterocycles. The van der Waals surface area contributed by atoms with Crippen molar-refractivity contribution < 1.29 is 33.4 Å². The van der Waals surface area contributed by atoms with Crippen molar-refractivity contribution >= 4 is 29.8 Å². The first-order valence-corrected chi connectivity index (χ1v) is 16.3. The molecule has 4 amide bonds. The molecule has 48 heavy (non-hydrogen) atoms.